The average Bonchev–Trinajstić information content (AvgIpc) is 2.62. The molecule has 0 saturated carbocycles. The topological polar surface area (TPSA) is 81.7 Å². The first-order valence-electron chi connectivity index (χ1n) is 8.20. The molecule has 0 atom stereocenters. The van der Waals surface area contributed by atoms with Crippen LogP contribution in [0.2, 0.25) is 0 Å². The second kappa shape index (κ2) is 9.24. The van der Waals surface area contributed by atoms with Gasteiger partial charge >= 0.3 is 0 Å². The molecule has 6 nitrogen and oxygen atoms in total. The summed E-state index contributed by atoms with van der Waals surface area (Å²) in [5.74, 6) is -0.202. The standard InChI is InChI=1S/C19H23NO5S/c1-24-16-10-11-17(18(13-16)25-2)20-19(21)14-26(22,23)12-6-9-15-7-4-3-5-8-15/h3-5,7-8,10-11,13H,6,9,12,14H2,1-2H3,(H,20,21). The first-order valence-corrected chi connectivity index (χ1v) is 10.0. The third kappa shape index (κ3) is 6.07. The van der Waals surface area contributed by atoms with E-state index in [0.717, 1.165) is 5.56 Å². The number of aryl methyl sites for hydroxylation is 1. The maximum Gasteiger partial charge on any atom is 0.239 e. The lowest BCUT2D eigenvalue weighted by molar-refractivity contribution is -0.113. The second-order valence-electron chi connectivity index (χ2n) is 5.80. The van der Waals surface area contributed by atoms with E-state index in [4.69, 9.17) is 9.47 Å². The summed E-state index contributed by atoms with van der Waals surface area (Å²) in [5, 5.41) is 2.58. The molecule has 0 spiro atoms. The minimum atomic E-state index is -3.48. The zero-order chi connectivity index (χ0) is 19.0. The lowest BCUT2D eigenvalue weighted by atomic mass is 10.1. The van der Waals surface area contributed by atoms with Gasteiger partial charge in [-0.15, -0.1) is 0 Å². The molecule has 1 amide bonds. The third-order valence-corrected chi connectivity index (χ3v) is 5.41. The van der Waals surface area contributed by atoms with E-state index in [0.29, 0.717) is 30.0 Å². The number of sulfone groups is 1. The van der Waals surface area contributed by atoms with Crippen molar-refractivity contribution in [3.05, 3.63) is 54.1 Å². The van der Waals surface area contributed by atoms with Crippen LogP contribution in [0.5, 0.6) is 11.5 Å². The molecular formula is C19H23NO5S. The van der Waals surface area contributed by atoms with Gasteiger partial charge in [0.1, 0.15) is 17.3 Å². The van der Waals surface area contributed by atoms with Gasteiger partial charge in [0.15, 0.2) is 9.84 Å². The molecule has 0 heterocycles. The number of rotatable bonds is 9. The summed E-state index contributed by atoms with van der Waals surface area (Å²) in [6.45, 7) is 0. The first-order chi connectivity index (χ1) is 12.4. The van der Waals surface area contributed by atoms with E-state index >= 15 is 0 Å². The van der Waals surface area contributed by atoms with Crippen LogP contribution < -0.4 is 14.8 Å². The van der Waals surface area contributed by atoms with Gasteiger partial charge in [-0.1, -0.05) is 30.3 Å². The van der Waals surface area contributed by atoms with Crippen LogP contribution in [-0.4, -0.2) is 40.1 Å². The predicted molar refractivity (Wildman–Crippen MR) is 102 cm³/mol. The van der Waals surface area contributed by atoms with Crippen LogP contribution in [0, 0.1) is 0 Å². The molecule has 7 heteroatoms. The highest BCUT2D eigenvalue weighted by Gasteiger charge is 2.18. The van der Waals surface area contributed by atoms with Crippen molar-refractivity contribution >= 4 is 21.4 Å². The SMILES string of the molecule is COc1ccc(NC(=O)CS(=O)(=O)CCCc2ccccc2)c(OC)c1. The van der Waals surface area contributed by atoms with Gasteiger partial charge in [-0.2, -0.15) is 0 Å². The number of hydrogen-bond acceptors (Lipinski definition) is 5. The Hall–Kier alpha value is -2.54. The molecule has 1 N–H and O–H groups in total. The van der Waals surface area contributed by atoms with Crippen LogP contribution in [0.25, 0.3) is 0 Å². The van der Waals surface area contributed by atoms with E-state index in [1.807, 2.05) is 30.3 Å². The van der Waals surface area contributed by atoms with Crippen molar-refractivity contribution < 1.29 is 22.7 Å². The predicted octanol–water partition coefficient (Wildman–Crippen LogP) is 2.69. The number of methoxy groups -OCH3 is 2. The van der Waals surface area contributed by atoms with Crippen molar-refractivity contribution in [2.24, 2.45) is 0 Å². The molecule has 26 heavy (non-hydrogen) atoms. The van der Waals surface area contributed by atoms with Crippen molar-refractivity contribution in [1.82, 2.24) is 0 Å². The molecule has 0 unspecified atom stereocenters. The molecule has 0 radical (unpaired) electrons. The Balaban J connectivity index is 1.89. The van der Waals surface area contributed by atoms with Gasteiger partial charge in [-0.3, -0.25) is 4.79 Å². The van der Waals surface area contributed by atoms with E-state index < -0.39 is 21.5 Å². The summed E-state index contributed by atoms with van der Waals surface area (Å²) in [6.07, 6.45) is 1.14. The lowest BCUT2D eigenvalue weighted by Gasteiger charge is -2.12. The van der Waals surface area contributed by atoms with Crippen LogP contribution in [-0.2, 0) is 21.1 Å². The van der Waals surface area contributed by atoms with E-state index in [2.05, 4.69) is 5.32 Å². The Bertz CT molecular complexity index is 834. The van der Waals surface area contributed by atoms with Crippen LogP contribution in [0.15, 0.2) is 48.5 Å². The summed E-state index contributed by atoms with van der Waals surface area (Å²) in [5.41, 5.74) is 1.48. The Morgan fingerprint density at radius 1 is 1.04 bits per heavy atom. The zero-order valence-corrected chi connectivity index (χ0v) is 15.7. The van der Waals surface area contributed by atoms with E-state index in [9.17, 15) is 13.2 Å². The first kappa shape index (κ1) is 19.8. The number of hydrogen-bond donors (Lipinski definition) is 1. The summed E-state index contributed by atoms with van der Waals surface area (Å²) < 4.78 is 34.6. The van der Waals surface area contributed by atoms with Crippen molar-refractivity contribution in [2.45, 2.75) is 12.8 Å². The molecule has 0 aromatic heterocycles. The van der Waals surface area contributed by atoms with Crippen molar-refractivity contribution in [3.8, 4) is 11.5 Å². The smallest absolute Gasteiger partial charge is 0.239 e. The van der Waals surface area contributed by atoms with E-state index in [1.165, 1.54) is 14.2 Å². The maximum atomic E-state index is 12.2. The highest BCUT2D eigenvalue weighted by molar-refractivity contribution is 7.92. The fourth-order valence-corrected chi connectivity index (χ4v) is 3.70. The Morgan fingerprint density at radius 3 is 2.42 bits per heavy atom. The number of carbonyl (C=O) groups is 1. The number of nitrogens with one attached hydrogen (secondary N) is 1. The molecule has 2 aromatic rings. The summed E-state index contributed by atoms with van der Waals surface area (Å²) in [6, 6.07) is 14.5. The minimum absolute atomic E-state index is 0.0327. The minimum Gasteiger partial charge on any atom is -0.497 e. The zero-order valence-electron chi connectivity index (χ0n) is 14.9. The fourth-order valence-electron chi connectivity index (χ4n) is 2.50. The van der Waals surface area contributed by atoms with Crippen LogP contribution >= 0.6 is 0 Å². The highest BCUT2D eigenvalue weighted by Crippen LogP contribution is 2.28. The molecule has 2 aromatic carbocycles. The molecular weight excluding hydrogens is 354 g/mol. The quantitative estimate of drug-likeness (QED) is 0.727. The summed E-state index contributed by atoms with van der Waals surface area (Å²) >= 11 is 0. The molecule has 0 aliphatic heterocycles. The third-order valence-electron chi connectivity index (χ3n) is 3.80. The largest absolute Gasteiger partial charge is 0.497 e. The second-order valence-corrected chi connectivity index (χ2v) is 7.98. The van der Waals surface area contributed by atoms with Crippen LogP contribution in [0.4, 0.5) is 5.69 Å². The lowest BCUT2D eigenvalue weighted by Crippen LogP contribution is -2.25. The average molecular weight is 377 g/mol. The van der Waals surface area contributed by atoms with Gasteiger partial charge in [0.2, 0.25) is 5.91 Å². The van der Waals surface area contributed by atoms with E-state index in [-0.39, 0.29) is 5.75 Å². The van der Waals surface area contributed by atoms with Crippen molar-refractivity contribution in [1.29, 1.82) is 0 Å². The number of benzene rings is 2. The maximum absolute atomic E-state index is 12.2. The van der Waals surface area contributed by atoms with Gasteiger partial charge < -0.3 is 14.8 Å². The van der Waals surface area contributed by atoms with Gasteiger partial charge in [0, 0.05) is 6.07 Å². The number of anilines is 1. The molecule has 2 rings (SSSR count). The van der Waals surface area contributed by atoms with Gasteiger partial charge in [0.05, 0.1) is 25.7 Å². The Morgan fingerprint density at radius 2 is 1.77 bits per heavy atom. The van der Waals surface area contributed by atoms with Gasteiger partial charge in [0.25, 0.3) is 0 Å². The van der Waals surface area contributed by atoms with E-state index in [1.54, 1.807) is 18.2 Å². The molecule has 0 saturated heterocycles. The molecule has 0 bridgehead atoms. The number of carbonyl (C=O) groups excluding carboxylic acids is 1. The normalized spacial score (nSPS) is 11.0. The molecule has 0 aliphatic rings. The number of ether oxygens (including phenoxy) is 2. The van der Waals surface area contributed by atoms with Gasteiger partial charge in [-0.25, -0.2) is 8.42 Å². The monoisotopic (exact) mass is 377 g/mol. The van der Waals surface area contributed by atoms with Crippen molar-refractivity contribution in [3.63, 3.8) is 0 Å². The summed E-state index contributed by atoms with van der Waals surface area (Å²) in [4.78, 5) is 12.1. The highest BCUT2D eigenvalue weighted by atomic mass is 32.2. The molecule has 0 fully saturated rings. The molecule has 140 valence electrons. The van der Waals surface area contributed by atoms with Crippen LogP contribution in [0.1, 0.15) is 12.0 Å². The molecule has 0 aliphatic carbocycles. The fraction of sp³-hybridized carbons (Fsp3) is 0.316. The Labute approximate surface area is 154 Å². The van der Waals surface area contributed by atoms with Gasteiger partial charge in [-0.05, 0) is 30.5 Å². The number of amides is 1. The summed E-state index contributed by atoms with van der Waals surface area (Å²) in [7, 11) is -0.495. The van der Waals surface area contributed by atoms with Crippen LogP contribution in [0.3, 0.4) is 0 Å². The Kier molecular flexibility index (Phi) is 7.03. The van der Waals surface area contributed by atoms with Crippen molar-refractivity contribution in [2.75, 3.05) is 31.0 Å².